The zero-order valence-corrected chi connectivity index (χ0v) is 9.43. The van der Waals surface area contributed by atoms with Crippen LogP contribution in [0.5, 0.6) is 5.75 Å². The van der Waals surface area contributed by atoms with Crippen molar-refractivity contribution in [2.24, 2.45) is 0 Å². The van der Waals surface area contributed by atoms with Crippen LogP contribution in [0.4, 0.5) is 0 Å². The first kappa shape index (κ1) is 12.5. The van der Waals surface area contributed by atoms with Crippen LogP contribution >= 0.6 is 0 Å². The maximum Gasteiger partial charge on any atom is 0.303 e. The lowest BCUT2D eigenvalue weighted by Crippen LogP contribution is -2.22. The van der Waals surface area contributed by atoms with E-state index in [1.54, 1.807) is 38.3 Å². The number of carboxylic acids is 1. The van der Waals surface area contributed by atoms with Gasteiger partial charge in [0, 0.05) is 6.42 Å². The summed E-state index contributed by atoms with van der Waals surface area (Å²) in [6.07, 6.45) is 0.133. The second kappa shape index (κ2) is 4.99. The molecule has 0 fully saturated rings. The molecule has 2 N–H and O–H groups in total. The highest BCUT2D eigenvalue weighted by molar-refractivity contribution is 5.66. The third-order valence-corrected chi connectivity index (χ3v) is 2.54. The van der Waals surface area contributed by atoms with Gasteiger partial charge in [-0.05, 0) is 31.0 Å². The van der Waals surface area contributed by atoms with Crippen LogP contribution in [0.2, 0.25) is 0 Å². The van der Waals surface area contributed by atoms with Crippen molar-refractivity contribution >= 4 is 5.97 Å². The molecular formula is C12H16O4. The van der Waals surface area contributed by atoms with Crippen molar-refractivity contribution in [1.82, 2.24) is 0 Å². The minimum Gasteiger partial charge on any atom is -0.497 e. The number of hydrogen-bond donors (Lipinski definition) is 2. The molecule has 0 spiro atoms. The van der Waals surface area contributed by atoms with Crippen LogP contribution in [0.15, 0.2) is 24.3 Å². The van der Waals surface area contributed by atoms with E-state index in [2.05, 4.69) is 0 Å². The molecule has 1 atom stereocenters. The molecule has 0 amide bonds. The molecule has 0 aliphatic heterocycles. The Morgan fingerprint density at radius 3 is 2.38 bits per heavy atom. The summed E-state index contributed by atoms with van der Waals surface area (Å²) in [5, 5.41) is 18.7. The van der Waals surface area contributed by atoms with Crippen molar-refractivity contribution in [3.8, 4) is 5.75 Å². The molecule has 0 radical (unpaired) electrons. The van der Waals surface area contributed by atoms with E-state index in [0.717, 1.165) is 0 Å². The molecule has 88 valence electrons. The fourth-order valence-corrected chi connectivity index (χ4v) is 1.44. The van der Waals surface area contributed by atoms with Gasteiger partial charge in [0.15, 0.2) is 0 Å². The Kier molecular flexibility index (Phi) is 3.90. The van der Waals surface area contributed by atoms with Gasteiger partial charge in [-0.3, -0.25) is 4.79 Å². The number of ether oxygens (including phenoxy) is 1. The van der Waals surface area contributed by atoms with Crippen LogP contribution in [0.25, 0.3) is 0 Å². The lowest BCUT2D eigenvalue weighted by Gasteiger charge is -2.23. The van der Waals surface area contributed by atoms with Crippen LogP contribution in [0.3, 0.4) is 0 Å². The Balaban J connectivity index is 2.76. The van der Waals surface area contributed by atoms with Gasteiger partial charge in [0.2, 0.25) is 0 Å². The smallest absolute Gasteiger partial charge is 0.303 e. The third kappa shape index (κ3) is 3.24. The molecule has 0 aromatic heterocycles. The maximum absolute atomic E-state index is 10.4. The SMILES string of the molecule is COc1ccc(C(C)(O)CCC(=O)O)cc1. The maximum atomic E-state index is 10.4. The first-order valence-corrected chi connectivity index (χ1v) is 5.04. The van der Waals surface area contributed by atoms with E-state index in [0.29, 0.717) is 11.3 Å². The normalized spacial score (nSPS) is 14.2. The van der Waals surface area contributed by atoms with Crippen LogP contribution in [0, 0.1) is 0 Å². The monoisotopic (exact) mass is 224 g/mol. The zero-order valence-electron chi connectivity index (χ0n) is 9.43. The molecule has 16 heavy (non-hydrogen) atoms. The second-order valence-electron chi connectivity index (χ2n) is 3.90. The highest BCUT2D eigenvalue weighted by atomic mass is 16.5. The number of benzene rings is 1. The summed E-state index contributed by atoms with van der Waals surface area (Å²) in [6.45, 7) is 1.61. The molecule has 0 saturated carbocycles. The van der Waals surface area contributed by atoms with Crippen molar-refractivity contribution in [3.63, 3.8) is 0 Å². The molecule has 1 unspecified atom stereocenters. The first-order chi connectivity index (χ1) is 7.45. The predicted octanol–water partition coefficient (Wildman–Crippen LogP) is 1.77. The van der Waals surface area contributed by atoms with Crippen LogP contribution in [0.1, 0.15) is 25.3 Å². The first-order valence-electron chi connectivity index (χ1n) is 5.04. The molecule has 1 aromatic carbocycles. The molecule has 1 aromatic rings. The van der Waals surface area contributed by atoms with E-state index in [4.69, 9.17) is 9.84 Å². The van der Waals surface area contributed by atoms with Crippen molar-refractivity contribution in [3.05, 3.63) is 29.8 Å². The van der Waals surface area contributed by atoms with Gasteiger partial charge >= 0.3 is 5.97 Å². The lowest BCUT2D eigenvalue weighted by atomic mass is 9.91. The van der Waals surface area contributed by atoms with Gasteiger partial charge < -0.3 is 14.9 Å². The minimum absolute atomic E-state index is 0.0565. The van der Waals surface area contributed by atoms with Gasteiger partial charge in [-0.2, -0.15) is 0 Å². The fourth-order valence-electron chi connectivity index (χ4n) is 1.44. The topological polar surface area (TPSA) is 66.8 Å². The number of rotatable bonds is 5. The summed E-state index contributed by atoms with van der Waals surface area (Å²) < 4.78 is 5.00. The van der Waals surface area contributed by atoms with Crippen LogP contribution in [-0.2, 0) is 10.4 Å². The molecule has 0 aliphatic carbocycles. The zero-order chi connectivity index (χ0) is 12.2. The number of carboxylic acid groups (broad SMARTS) is 1. The molecule has 0 saturated heterocycles. The van der Waals surface area contributed by atoms with E-state index in [1.165, 1.54) is 0 Å². The summed E-state index contributed by atoms with van der Waals surface area (Å²) in [5.41, 5.74) is -0.431. The highest BCUT2D eigenvalue weighted by Crippen LogP contribution is 2.27. The van der Waals surface area contributed by atoms with Gasteiger partial charge in [-0.15, -0.1) is 0 Å². The number of carbonyl (C=O) groups is 1. The third-order valence-electron chi connectivity index (χ3n) is 2.54. The van der Waals surface area contributed by atoms with Gasteiger partial charge in [0.1, 0.15) is 5.75 Å². The number of hydrogen-bond acceptors (Lipinski definition) is 3. The predicted molar refractivity (Wildman–Crippen MR) is 59.4 cm³/mol. The Morgan fingerprint density at radius 2 is 1.94 bits per heavy atom. The molecular weight excluding hydrogens is 208 g/mol. The van der Waals surface area contributed by atoms with Gasteiger partial charge in [0.05, 0.1) is 12.7 Å². The summed E-state index contributed by atoms with van der Waals surface area (Å²) in [7, 11) is 1.57. The quantitative estimate of drug-likeness (QED) is 0.799. The fraction of sp³-hybridized carbons (Fsp3) is 0.417. The van der Waals surface area contributed by atoms with E-state index >= 15 is 0 Å². The highest BCUT2D eigenvalue weighted by Gasteiger charge is 2.23. The standard InChI is InChI=1S/C12H16O4/c1-12(15,8-7-11(13)14)9-3-5-10(16-2)6-4-9/h3-6,15H,7-8H2,1-2H3,(H,13,14). The summed E-state index contributed by atoms with van der Waals surface area (Å²) in [6, 6.07) is 6.95. The van der Waals surface area contributed by atoms with Crippen LogP contribution in [-0.4, -0.2) is 23.3 Å². The largest absolute Gasteiger partial charge is 0.497 e. The Labute approximate surface area is 94.5 Å². The molecule has 0 heterocycles. The molecule has 1 rings (SSSR count). The minimum atomic E-state index is -1.12. The summed E-state index contributed by atoms with van der Waals surface area (Å²) in [4.78, 5) is 10.4. The van der Waals surface area contributed by atoms with E-state index < -0.39 is 11.6 Å². The Hall–Kier alpha value is -1.55. The Morgan fingerprint density at radius 1 is 1.38 bits per heavy atom. The number of aliphatic hydroxyl groups is 1. The summed E-state index contributed by atoms with van der Waals surface area (Å²) in [5.74, 6) is -0.202. The van der Waals surface area contributed by atoms with Crippen molar-refractivity contribution in [1.29, 1.82) is 0 Å². The molecule has 0 aliphatic rings. The second-order valence-corrected chi connectivity index (χ2v) is 3.90. The van der Waals surface area contributed by atoms with Gasteiger partial charge in [-0.25, -0.2) is 0 Å². The molecule has 4 heteroatoms. The van der Waals surface area contributed by atoms with Crippen molar-refractivity contribution in [2.45, 2.75) is 25.4 Å². The van der Waals surface area contributed by atoms with Gasteiger partial charge in [0.25, 0.3) is 0 Å². The molecule has 0 bridgehead atoms. The Bertz CT molecular complexity index is 354. The summed E-state index contributed by atoms with van der Waals surface area (Å²) >= 11 is 0. The number of aliphatic carboxylic acids is 1. The van der Waals surface area contributed by atoms with Crippen LogP contribution < -0.4 is 4.74 Å². The molecule has 4 nitrogen and oxygen atoms in total. The average molecular weight is 224 g/mol. The van der Waals surface area contributed by atoms with Crippen molar-refractivity contribution < 1.29 is 19.7 Å². The van der Waals surface area contributed by atoms with E-state index in [1.807, 2.05) is 0 Å². The van der Waals surface area contributed by atoms with E-state index in [9.17, 15) is 9.90 Å². The lowest BCUT2D eigenvalue weighted by molar-refractivity contribution is -0.138. The average Bonchev–Trinajstić information content (AvgIpc) is 2.27. The van der Waals surface area contributed by atoms with Gasteiger partial charge in [-0.1, -0.05) is 12.1 Å². The van der Waals surface area contributed by atoms with Crippen molar-refractivity contribution in [2.75, 3.05) is 7.11 Å². The van der Waals surface area contributed by atoms with E-state index in [-0.39, 0.29) is 12.8 Å². The number of methoxy groups -OCH3 is 1.